The largest absolute Gasteiger partial charge is 0.329 e. The third kappa shape index (κ3) is 1.99. The summed E-state index contributed by atoms with van der Waals surface area (Å²) < 4.78 is 1.87. The highest BCUT2D eigenvalue weighted by Crippen LogP contribution is 2.38. The van der Waals surface area contributed by atoms with Gasteiger partial charge in [-0.2, -0.15) is 0 Å². The van der Waals surface area contributed by atoms with Crippen molar-refractivity contribution >= 4 is 28.5 Å². The van der Waals surface area contributed by atoms with E-state index in [0.717, 1.165) is 41.0 Å². The second-order valence-corrected chi connectivity index (χ2v) is 7.99. The molecule has 0 aliphatic carbocycles. The third-order valence-corrected chi connectivity index (χ3v) is 6.72. The minimum Gasteiger partial charge on any atom is -0.315 e. The van der Waals surface area contributed by atoms with Gasteiger partial charge in [0.2, 0.25) is 0 Å². The molecule has 2 aromatic rings. The van der Waals surface area contributed by atoms with Crippen LogP contribution in [0.25, 0.3) is 10.9 Å². The molecule has 24 heavy (non-hydrogen) atoms. The van der Waals surface area contributed by atoms with Crippen LogP contribution in [0, 0.1) is 0 Å². The predicted octanol–water partition coefficient (Wildman–Crippen LogP) is 4.09. The Morgan fingerprint density at radius 2 is 1.88 bits per heavy atom. The molecule has 4 nitrogen and oxygen atoms in total. The zero-order valence-corrected chi connectivity index (χ0v) is 14.7. The summed E-state index contributed by atoms with van der Waals surface area (Å²) in [4.78, 5) is 17.8. The molecule has 2 atom stereocenters. The number of halogens is 1. The van der Waals surface area contributed by atoms with Crippen molar-refractivity contribution in [3.05, 3.63) is 35.0 Å². The SMILES string of the molecule is CN1C2CCCC1CC(N1Cc3cc4c(Cl)cccc4n3C1=O)C2. The Balaban J connectivity index is 1.47. The van der Waals surface area contributed by atoms with Gasteiger partial charge in [0.1, 0.15) is 0 Å². The average molecular weight is 344 g/mol. The molecule has 5 rings (SSSR count). The fraction of sp³-hybridized carbons (Fsp3) is 0.526. The number of aromatic nitrogens is 1. The molecule has 0 N–H and O–H groups in total. The Morgan fingerprint density at radius 1 is 1.12 bits per heavy atom. The summed E-state index contributed by atoms with van der Waals surface area (Å²) >= 11 is 6.29. The summed E-state index contributed by atoms with van der Waals surface area (Å²) in [7, 11) is 2.26. The lowest BCUT2D eigenvalue weighted by atomic mass is 9.82. The Kier molecular flexibility index (Phi) is 3.23. The van der Waals surface area contributed by atoms with Gasteiger partial charge in [-0.05, 0) is 50.9 Å². The van der Waals surface area contributed by atoms with Gasteiger partial charge in [0.05, 0.1) is 12.1 Å². The highest BCUT2D eigenvalue weighted by atomic mass is 35.5. The first-order valence-electron chi connectivity index (χ1n) is 8.95. The van der Waals surface area contributed by atoms with Crippen molar-refractivity contribution in [3.63, 3.8) is 0 Å². The van der Waals surface area contributed by atoms with Gasteiger partial charge < -0.3 is 9.80 Å². The van der Waals surface area contributed by atoms with Gasteiger partial charge in [-0.3, -0.25) is 4.57 Å². The topological polar surface area (TPSA) is 28.5 Å². The fourth-order valence-corrected chi connectivity index (χ4v) is 5.31. The fourth-order valence-electron chi connectivity index (χ4n) is 5.09. The molecule has 0 spiro atoms. The van der Waals surface area contributed by atoms with Crippen LogP contribution in [0.4, 0.5) is 4.79 Å². The molecule has 4 heterocycles. The third-order valence-electron chi connectivity index (χ3n) is 6.39. The van der Waals surface area contributed by atoms with E-state index >= 15 is 0 Å². The molecule has 1 aromatic heterocycles. The van der Waals surface area contributed by atoms with Gasteiger partial charge in [0.25, 0.3) is 0 Å². The van der Waals surface area contributed by atoms with Crippen molar-refractivity contribution in [1.29, 1.82) is 0 Å². The van der Waals surface area contributed by atoms with Crippen LogP contribution in [0.5, 0.6) is 0 Å². The van der Waals surface area contributed by atoms with Crippen molar-refractivity contribution < 1.29 is 4.79 Å². The Morgan fingerprint density at radius 3 is 2.62 bits per heavy atom. The maximum absolute atomic E-state index is 13.1. The van der Waals surface area contributed by atoms with Gasteiger partial charge >= 0.3 is 6.03 Å². The Hall–Kier alpha value is -1.52. The molecule has 2 unspecified atom stereocenters. The summed E-state index contributed by atoms with van der Waals surface area (Å²) in [5, 5.41) is 1.71. The second-order valence-electron chi connectivity index (χ2n) is 7.58. The van der Waals surface area contributed by atoms with E-state index in [2.05, 4.69) is 22.9 Å². The zero-order chi connectivity index (χ0) is 16.4. The van der Waals surface area contributed by atoms with Gasteiger partial charge in [0, 0.05) is 34.2 Å². The molecule has 2 saturated heterocycles. The number of nitrogens with zero attached hydrogens (tertiary/aromatic N) is 3. The van der Waals surface area contributed by atoms with Crippen molar-refractivity contribution in [2.24, 2.45) is 0 Å². The van der Waals surface area contributed by atoms with Crippen LogP contribution < -0.4 is 0 Å². The number of hydrogen-bond acceptors (Lipinski definition) is 2. The zero-order valence-electron chi connectivity index (χ0n) is 13.9. The number of benzene rings is 1. The lowest BCUT2D eigenvalue weighted by molar-refractivity contribution is 0.0214. The molecule has 5 heteroatoms. The predicted molar refractivity (Wildman–Crippen MR) is 95.5 cm³/mol. The van der Waals surface area contributed by atoms with E-state index in [-0.39, 0.29) is 6.03 Å². The Bertz CT molecular complexity index is 815. The van der Waals surface area contributed by atoms with E-state index in [9.17, 15) is 4.79 Å². The number of fused-ring (bicyclic) bond motifs is 5. The first-order chi connectivity index (χ1) is 11.6. The smallest absolute Gasteiger partial charge is 0.315 e. The van der Waals surface area contributed by atoms with E-state index in [4.69, 9.17) is 11.6 Å². The molecule has 1 aromatic carbocycles. The van der Waals surface area contributed by atoms with Crippen molar-refractivity contribution in [2.45, 2.75) is 56.8 Å². The van der Waals surface area contributed by atoms with Crippen molar-refractivity contribution in [2.75, 3.05) is 7.05 Å². The summed E-state index contributed by atoms with van der Waals surface area (Å²) in [6.45, 7) is 0.720. The molecule has 3 aliphatic rings. The first kappa shape index (κ1) is 14.8. The van der Waals surface area contributed by atoms with Crippen molar-refractivity contribution in [3.8, 4) is 0 Å². The number of hydrogen-bond donors (Lipinski definition) is 0. The standard InChI is InChI=1S/C19H22ClN3O/c1-21-12-4-2-5-13(21)9-14(8-12)22-11-15-10-16-17(20)6-3-7-18(16)23(15)19(22)24/h3,6-7,10,12-14H,2,4-5,8-9,11H2,1H3. The summed E-state index contributed by atoms with van der Waals surface area (Å²) in [5.41, 5.74) is 2.02. The van der Waals surface area contributed by atoms with E-state index in [1.807, 2.05) is 22.8 Å². The van der Waals surface area contributed by atoms with Crippen LogP contribution in [0.3, 0.4) is 0 Å². The van der Waals surface area contributed by atoms with Crippen LogP contribution in [0.15, 0.2) is 24.3 Å². The van der Waals surface area contributed by atoms with E-state index in [0.29, 0.717) is 18.1 Å². The van der Waals surface area contributed by atoms with Gasteiger partial charge in [-0.25, -0.2) is 4.79 Å². The molecular weight excluding hydrogens is 322 g/mol. The van der Waals surface area contributed by atoms with Crippen LogP contribution in [0.2, 0.25) is 5.02 Å². The first-order valence-corrected chi connectivity index (χ1v) is 9.33. The number of amides is 1. The molecule has 2 fully saturated rings. The maximum Gasteiger partial charge on any atom is 0.329 e. The lowest BCUT2D eigenvalue weighted by Gasteiger charge is -2.48. The summed E-state index contributed by atoms with van der Waals surface area (Å²) in [6, 6.07) is 9.69. The van der Waals surface area contributed by atoms with Gasteiger partial charge in [-0.15, -0.1) is 0 Å². The van der Waals surface area contributed by atoms with Crippen LogP contribution in [0.1, 0.15) is 37.8 Å². The highest BCUT2D eigenvalue weighted by Gasteiger charge is 2.42. The minimum absolute atomic E-state index is 0.134. The summed E-state index contributed by atoms with van der Waals surface area (Å²) in [5.74, 6) is 0. The molecule has 2 bridgehead atoms. The number of carbonyl (C=O) groups excluding carboxylic acids is 1. The molecular formula is C19H22ClN3O. The molecule has 0 radical (unpaired) electrons. The summed E-state index contributed by atoms with van der Waals surface area (Å²) in [6.07, 6.45) is 6.11. The molecule has 126 valence electrons. The number of carbonyl (C=O) groups is 1. The van der Waals surface area contributed by atoms with Gasteiger partial charge in [0.15, 0.2) is 0 Å². The maximum atomic E-state index is 13.1. The molecule has 1 amide bonds. The van der Waals surface area contributed by atoms with Crippen LogP contribution in [-0.2, 0) is 6.54 Å². The highest BCUT2D eigenvalue weighted by molar-refractivity contribution is 6.35. The van der Waals surface area contributed by atoms with E-state index in [1.54, 1.807) is 0 Å². The minimum atomic E-state index is 0.134. The van der Waals surface area contributed by atoms with Crippen LogP contribution in [-0.4, -0.2) is 45.6 Å². The van der Waals surface area contributed by atoms with Crippen LogP contribution >= 0.6 is 11.6 Å². The van der Waals surface area contributed by atoms with Gasteiger partial charge in [-0.1, -0.05) is 24.1 Å². The number of piperidine rings is 2. The normalized spacial score (nSPS) is 30.2. The number of rotatable bonds is 1. The Labute approximate surface area is 147 Å². The lowest BCUT2D eigenvalue weighted by Crippen LogP contribution is -2.55. The second kappa shape index (κ2) is 5.24. The quantitative estimate of drug-likeness (QED) is 0.780. The average Bonchev–Trinajstić information content (AvgIpc) is 3.06. The molecule has 3 aliphatic heterocycles. The monoisotopic (exact) mass is 343 g/mol. The molecule has 0 saturated carbocycles. The van der Waals surface area contributed by atoms with Crippen molar-refractivity contribution in [1.82, 2.24) is 14.4 Å². The van der Waals surface area contributed by atoms with E-state index < -0.39 is 0 Å². The van der Waals surface area contributed by atoms with E-state index in [1.165, 1.54) is 19.3 Å².